The first-order chi connectivity index (χ1) is 18.1. The standard InChI is InChI=1S/C32H67NO4/c1-6-9-12-20-27-34-31(4)36-29-22-16-14-18-25-33(24-11-8-3)26-19-15-17-23-30-37-32(5)35-28-21-13-10-7-2/h31-32H,6-30H2,1-5H3/t31-,32?/m1/s1. The number of hydrogen-bond acceptors (Lipinski definition) is 5. The minimum atomic E-state index is -0.0604. The lowest BCUT2D eigenvalue weighted by atomic mass is 10.1. The van der Waals surface area contributed by atoms with Crippen LogP contribution in [0.2, 0.25) is 0 Å². The minimum Gasteiger partial charge on any atom is -0.353 e. The van der Waals surface area contributed by atoms with E-state index < -0.39 is 0 Å². The van der Waals surface area contributed by atoms with Crippen LogP contribution in [0.15, 0.2) is 0 Å². The fraction of sp³-hybridized carbons (Fsp3) is 1.00. The second-order valence-electron chi connectivity index (χ2n) is 10.8. The van der Waals surface area contributed by atoms with E-state index in [0.29, 0.717) is 0 Å². The summed E-state index contributed by atoms with van der Waals surface area (Å²) in [5, 5.41) is 0. The van der Waals surface area contributed by atoms with Crippen molar-refractivity contribution in [1.82, 2.24) is 4.90 Å². The third kappa shape index (κ3) is 28.6. The van der Waals surface area contributed by atoms with Gasteiger partial charge in [0, 0.05) is 26.4 Å². The van der Waals surface area contributed by atoms with E-state index in [-0.39, 0.29) is 12.6 Å². The summed E-state index contributed by atoms with van der Waals surface area (Å²) in [6.07, 6.45) is 22.5. The normalized spacial score (nSPS) is 13.5. The molecule has 224 valence electrons. The maximum Gasteiger partial charge on any atom is 0.154 e. The first kappa shape index (κ1) is 36.8. The van der Waals surface area contributed by atoms with Crippen LogP contribution >= 0.6 is 0 Å². The highest BCUT2D eigenvalue weighted by Crippen LogP contribution is 2.09. The van der Waals surface area contributed by atoms with Crippen LogP contribution in [0.5, 0.6) is 0 Å². The summed E-state index contributed by atoms with van der Waals surface area (Å²) >= 11 is 0. The summed E-state index contributed by atoms with van der Waals surface area (Å²) in [7, 11) is 0. The van der Waals surface area contributed by atoms with E-state index in [4.69, 9.17) is 18.9 Å². The smallest absolute Gasteiger partial charge is 0.154 e. The van der Waals surface area contributed by atoms with Crippen LogP contribution in [0.4, 0.5) is 0 Å². The lowest BCUT2D eigenvalue weighted by molar-refractivity contribution is -0.132. The quantitative estimate of drug-likeness (QED) is 0.0661. The Hall–Kier alpha value is -0.200. The van der Waals surface area contributed by atoms with Gasteiger partial charge in [-0.05, 0) is 78.4 Å². The van der Waals surface area contributed by atoms with Crippen molar-refractivity contribution in [3.05, 3.63) is 0 Å². The average molecular weight is 530 g/mol. The average Bonchev–Trinajstić information content (AvgIpc) is 2.89. The third-order valence-electron chi connectivity index (χ3n) is 6.97. The molecule has 0 heterocycles. The molecule has 0 bridgehead atoms. The molecule has 0 N–H and O–H groups in total. The summed E-state index contributed by atoms with van der Waals surface area (Å²) < 4.78 is 23.1. The van der Waals surface area contributed by atoms with Crippen molar-refractivity contribution in [2.24, 2.45) is 0 Å². The van der Waals surface area contributed by atoms with Crippen LogP contribution < -0.4 is 0 Å². The number of hydrogen-bond donors (Lipinski definition) is 0. The number of nitrogens with zero attached hydrogens (tertiary/aromatic N) is 1. The maximum absolute atomic E-state index is 5.82. The van der Waals surface area contributed by atoms with Gasteiger partial charge in [-0.25, -0.2) is 0 Å². The second kappa shape index (κ2) is 30.3. The molecule has 0 rings (SSSR count). The van der Waals surface area contributed by atoms with E-state index in [1.165, 1.54) is 110 Å². The molecule has 0 spiro atoms. The molecule has 0 aliphatic carbocycles. The first-order valence-corrected chi connectivity index (χ1v) is 16.3. The van der Waals surface area contributed by atoms with Crippen molar-refractivity contribution in [3.8, 4) is 0 Å². The molecule has 1 unspecified atom stereocenters. The van der Waals surface area contributed by atoms with Gasteiger partial charge < -0.3 is 23.8 Å². The van der Waals surface area contributed by atoms with Crippen LogP contribution in [0, 0.1) is 0 Å². The molecule has 0 aromatic carbocycles. The van der Waals surface area contributed by atoms with Gasteiger partial charge in [0.15, 0.2) is 12.6 Å². The molecule has 0 radical (unpaired) electrons. The van der Waals surface area contributed by atoms with Crippen LogP contribution in [0.3, 0.4) is 0 Å². The van der Waals surface area contributed by atoms with Gasteiger partial charge in [-0.3, -0.25) is 0 Å². The molecule has 0 aromatic heterocycles. The van der Waals surface area contributed by atoms with Crippen LogP contribution in [0.1, 0.15) is 150 Å². The van der Waals surface area contributed by atoms with E-state index in [9.17, 15) is 0 Å². The molecule has 5 heteroatoms. The molecule has 37 heavy (non-hydrogen) atoms. The highest BCUT2D eigenvalue weighted by molar-refractivity contribution is 4.59. The zero-order valence-corrected chi connectivity index (χ0v) is 25.9. The van der Waals surface area contributed by atoms with E-state index in [0.717, 1.165) is 52.1 Å². The fourth-order valence-corrected chi connectivity index (χ4v) is 4.45. The zero-order chi connectivity index (χ0) is 27.2. The highest BCUT2D eigenvalue weighted by Gasteiger charge is 2.06. The predicted molar refractivity (Wildman–Crippen MR) is 159 cm³/mol. The van der Waals surface area contributed by atoms with Gasteiger partial charge in [-0.15, -0.1) is 0 Å². The van der Waals surface area contributed by atoms with Gasteiger partial charge in [0.1, 0.15) is 0 Å². The Morgan fingerprint density at radius 2 is 0.676 bits per heavy atom. The summed E-state index contributed by atoms with van der Waals surface area (Å²) in [5.74, 6) is 0. The Bertz CT molecular complexity index is 390. The van der Waals surface area contributed by atoms with Gasteiger partial charge in [0.2, 0.25) is 0 Å². The molecule has 0 saturated carbocycles. The molecule has 0 aliphatic rings. The van der Waals surface area contributed by atoms with E-state index >= 15 is 0 Å². The van der Waals surface area contributed by atoms with Crippen LogP contribution in [-0.4, -0.2) is 63.5 Å². The number of ether oxygens (including phenoxy) is 4. The monoisotopic (exact) mass is 530 g/mol. The van der Waals surface area contributed by atoms with E-state index in [1.807, 2.05) is 13.8 Å². The predicted octanol–water partition coefficient (Wildman–Crippen LogP) is 9.13. The van der Waals surface area contributed by atoms with Gasteiger partial charge in [-0.1, -0.05) is 91.4 Å². The Kier molecular flexibility index (Phi) is 30.2. The molecule has 5 nitrogen and oxygen atoms in total. The molecular formula is C32H67NO4. The Morgan fingerprint density at radius 1 is 0.378 bits per heavy atom. The molecular weight excluding hydrogens is 462 g/mol. The largest absolute Gasteiger partial charge is 0.353 e. The minimum absolute atomic E-state index is 0.0604. The van der Waals surface area contributed by atoms with Crippen molar-refractivity contribution >= 4 is 0 Å². The highest BCUT2D eigenvalue weighted by atomic mass is 16.7. The van der Waals surface area contributed by atoms with Crippen LogP contribution in [0.25, 0.3) is 0 Å². The third-order valence-corrected chi connectivity index (χ3v) is 6.97. The zero-order valence-electron chi connectivity index (χ0n) is 25.9. The topological polar surface area (TPSA) is 40.2 Å². The summed E-state index contributed by atoms with van der Waals surface area (Å²) in [5.41, 5.74) is 0. The lowest BCUT2D eigenvalue weighted by Gasteiger charge is -2.22. The van der Waals surface area contributed by atoms with Gasteiger partial charge in [0.05, 0.1) is 0 Å². The number of rotatable bonds is 31. The van der Waals surface area contributed by atoms with Gasteiger partial charge >= 0.3 is 0 Å². The van der Waals surface area contributed by atoms with Crippen LogP contribution in [-0.2, 0) is 18.9 Å². The fourth-order valence-electron chi connectivity index (χ4n) is 4.45. The summed E-state index contributed by atoms with van der Waals surface area (Å²) in [4.78, 5) is 2.69. The van der Waals surface area contributed by atoms with Gasteiger partial charge in [0.25, 0.3) is 0 Å². The molecule has 0 amide bonds. The summed E-state index contributed by atoms with van der Waals surface area (Å²) in [6, 6.07) is 0. The molecule has 0 fully saturated rings. The van der Waals surface area contributed by atoms with Crippen molar-refractivity contribution in [1.29, 1.82) is 0 Å². The Balaban J connectivity index is 3.65. The van der Waals surface area contributed by atoms with E-state index in [1.54, 1.807) is 0 Å². The van der Waals surface area contributed by atoms with Crippen molar-refractivity contribution in [2.75, 3.05) is 46.1 Å². The Morgan fingerprint density at radius 3 is 1.03 bits per heavy atom. The molecule has 0 saturated heterocycles. The van der Waals surface area contributed by atoms with Crippen molar-refractivity contribution in [3.63, 3.8) is 0 Å². The molecule has 0 aliphatic heterocycles. The Labute approximate surface area is 232 Å². The van der Waals surface area contributed by atoms with Gasteiger partial charge in [-0.2, -0.15) is 0 Å². The maximum atomic E-state index is 5.82. The summed E-state index contributed by atoms with van der Waals surface area (Å²) in [6.45, 7) is 17.9. The second-order valence-corrected chi connectivity index (χ2v) is 10.8. The van der Waals surface area contributed by atoms with Crippen molar-refractivity contribution < 1.29 is 18.9 Å². The molecule has 0 aromatic rings. The SMILES string of the molecule is CCCCCCOC(C)OCCCCCCN(CCCC)CCCCCCO[C@H](C)OCCCCCC. The lowest BCUT2D eigenvalue weighted by Crippen LogP contribution is -2.27. The first-order valence-electron chi connectivity index (χ1n) is 16.3. The van der Waals surface area contributed by atoms with Crippen molar-refractivity contribution in [2.45, 2.75) is 163 Å². The molecule has 2 atom stereocenters. The van der Waals surface area contributed by atoms with E-state index in [2.05, 4.69) is 25.7 Å². The number of unbranched alkanes of at least 4 members (excludes halogenated alkanes) is 13.